The first kappa shape index (κ1) is 20.2. The number of nitrogens with one attached hydrogen (secondary N) is 2. The molecule has 0 radical (unpaired) electrons. The number of benzene rings is 3. The Kier molecular flexibility index (Phi) is 5.34. The third kappa shape index (κ3) is 3.72. The van der Waals surface area contributed by atoms with Crippen LogP contribution in [-0.2, 0) is 4.74 Å². The smallest absolute Gasteiger partial charge is 0.407 e. The van der Waals surface area contributed by atoms with Crippen molar-refractivity contribution in [2.24, 2.45) is 0 Å². The monoisotopic (exact) mass is 429 g/mol. The zero-order chi connectivity index (χ0) is 22.1. The van der Waals surface area contributed by atoms with Gasteiger partial charge in [0.15, 0.2) is 0 Å². The number of ether oxygens (including phenoxy) is 1. The van der Waals surface area contributed by atoms with Crippen LogP contribution in [0.2, 0.25) is 0 Å². The van der Waals surface area contributed by atoms with E-state index in [1.807, 2.05) is 24.3 Å². The minimum absolute atomic E-state index is 0.0372. The minimum Gasteiger partial charge on any atom is -0.449 e. The van der Waals surface area contributed by atoms with E-state index >= 15 is 0 Å². The number of hydrogen-bond donors (Lipinski definition) is 4. The first-order chi connectivity index (χ1) is 15.6. The van der Waals surface area contributed by atoms with Gasteiger partial charge in [-0.1, -0.05) is 54.6 Å². The van der Waals surface area contributed by atoms with Crippen molar-refractivity contribution in [3.05, 3.63) is 89.7 Å². The van der Waals surface area contributed by atoms with Gasteiger partial charge >= 0.3 is 6.09 Å². The molecule has 0 spiro atoms. The molecule has 5 rings (SSSR count). The zero-order valence-corrected chi connectivity index (χ0v) is 17.2. The summed E-state index contributed by atoms with van der Waals surface area (Å²) >= 11 is 0. The molecule has 1 aromatic heterocycles. The number of rotatable bonds is 6. The second-order valence-electron chi connectivity index (χ2n) is 7.90. The number of hydrogen-bond acceptors (Lipinski definition) is 5. The van der Waals surface area contributed by atoms with Crippen LogP contribution >= 0.6 is 0 Å². The molecule has 4 N–H and O–H groups in total. The zero-order valence-electron chi connectivity index (χ0n) is 17.2. The van der Waals surface area contributed by atoms with Gasteiger partial charge < -0.3 is 25.3 Å². The summed E-state index contributed by atoms with van der Waals surface area (Å²) in [6, 6.07) is 21.4. The fourth-order valence-electron chi connectivity index (χ4n) is 4.31. The van der Waals surface area contributed by atoms with Crippen molar-refractivity contribution >= 4 is 17.1 Å². The molecule has 0 fully saturated rings. The van der Waals surface area contributed by atoms with E-state index in [1.165, 1.54) is 0 Å². The summed E-state index contributed by atoms with van der Waals surface area (Å²) < 4.78 is 5.47. The second-order valence-corrected chi connectivity index (χ2v) is 7.90. The Labute approximate surface area is 184 Å². The number of carbonyl (C=O) groups excluding carboxylic acids is 1. The number of aromatic nitrogens is 2. The highest BCUT2D eigenvalue weighted by Gasteiger charge is 2.29. The van der Waals surface area contributed by atoms with Crippen LogP contribution in [0.3, 0.4) is 0 Å². The summed E-state index contributed by atoms with van der Waals surface area (Å²) in [5.41, 5.74) is 6.64. The van der Waals surface area contributed by atoms with E-state index in [2.05, 4.69) is 39.6 Å². The standard InChI is InChI=1S/C25H23N3O4/c29-23(24(30)15-9-10-21-22(11-15)28-14-27-21)12-26-25(31)32-13-20-18-7-3-1-5-16(18)17-6-2-4-8-19(17)20/h1-11,14,20,23-24,29-30H,12-13H2,(H,26,31)(H,27,28). The number of aromatic amines is 1. The van der Waals surface area contributed by atoms with Gasteiger partial charge in [-0.25, -0.2) is 9.78 Å². The van der Waals surface area contributed by atoms with Crippen LogP contribution in [0.1, 0.15) is 28.7 Å². The van der Waals surface area contributed by atoms with Crippen molar-refractivity contribution in [3.8, 4) is 11.1 Å². The lowest BCUT2D eigenvalue weighted by atomic mass is 9.98. The molecule has 1 aliphatic carbocycles. The Hall–Kier alpha value is -3.68. The molecule has 32 heavy (non-hydrogen) atoms. The quantitative estimate of drug-likeness (QED) is 0.375. The number of aliphatic hydroxyl groups excluding tert-OH is 2. The molecule has 4 aromatic rings. The molecule has 0 saturated heterocycles. The van der Waals surface area contributed by atoms with Crippen molar-refractivity contribution in [3.63, 3.8) is 0 Å². The molecule has 162 valence electrons. The lowest BCUT2D eigenvalue weighted by molar-refractivity contribution is 0.0186. The van der Waals surface area contributed by atoms with Crippen LogP contribution in [0.4, 0.5) is 4.79 Å². The average Bonchev–Trinajstić information content (AvgIpc) is 3.42. The molecule has 7 nitrogen and oxygen atoms in total. The summed E-state index contributed by atoms with van der Waals surface area (Å²) in [7, 11) is 0. The van der Waals surface area contributed by atoms with Gasteiger partial charge in [0, 0.05) is 12.5 Å². The third-order valence-corrected chi connectivity index (χ3v) is 5.95. The molecule has 2 unspecified atom stereocenters. The Morgan fingerprint density at radius 2 is 1.72 bits per heavy atom. The maximum atomic E-state index is 12.3. The summed E-state index contributed by atoms with van der Waals surface area (Å²) in [5, 5.41) is 23.3. The van der Waals surface area contributed by atoms with Crippen molar-refractivity contribution in [2.75, 3.05) is 13.2 Å². The molecule has 3 aromatic carbocycles. The van der Waals surface area contributed by atoms with Gasteiger partial charge in [-0.15, -0.1) is 0 Å². The summed E-state index contributed by atoms with van der Waals surface area (Å²) in [4.78, 5) is 19.4. The van der Waals surface area contributed by atoms with E-state index in [1.54, 1.807) is 24.5 Å². The molecule has 1 amide bonds. The summed E-state index contributed by atoms with van der Waals surface area (Å²) in [6.07, 6.45) is -1.41. The first-order valence-electron chi connectivity index (χ1n) is 10.5. The second kappa shape index (κ2) is 8.45. The highest BCUT2D eigenvalue weighted by Crippen LogP contribution is 2.44. The van der Waals surface area contributed by atoms with Gasteiger partial charge in [-0.2, -0.15) is 0 Å². The number of H-pyrrole nitrogens is 1. The maximum Gasteiger partial charge on any atom is 0.407 e. The van der Waals surface area contributed by atoms with Gasteiger partial charge in [0.1, 0.15) is 18.8 Å². The lowest BCUT2D eigenvalue weighted by Crippen LogP contribution is -2.36. The number of carbonyl (C=O) groups is 1. The number of aliphatic hydroxyl groups is 2. The molecular formula is C25H23N3O4. The topological polar surface area (TPSA) is 107 Å². The van der Waals surface area contributed by atoms with E-state index in [4.69, 9.17) is 4.74 Å². The summed E-state index contributed by atoms with van der Waals surface area (Å²) in [6.45, 7) is 0.0495. The number of alkyl carbamates (subject to hydrolysis) is 1. The first-order valence-corrected chi connectivity index (χ1v) is 10.5. The number of imidazole rings is 1. The van der Waals surface area contributed by atoms with Crippen LogP contribution in [0.5, 0.6) is 0 Å². The molecular weight excluding hydrogens is 406 g/mol. The fraction of sp³-hybridized carbons (Fsp3) is 0.200. The maximum absolute atomic E-state index is 12.3. The molecule has 0 aliphatic heterocycles. The Balaban J connectivity index is 1.18. The molecule has 0 bridgehead atoms. The van der Waals surface area contributed by atoms with E-state index in [0.29, 0.717) is 5.56 Å². The van der Waals surface area contributed by atoms with E-state index in [0.717, 1.165) is 33.3 Å². The van der Waals surface area contributed by atoms with Gasteiger partial charge in [-0.05, 0) is 39.9 Å². The lowest BCUT2D eigenvalue weighted by Gasteiger charge is -2.19. The fourth-order valence-corrected chi connectivity index (χ4v) is 4.31. The van der Waals surface area contributed by atoms with Crippen LogP contribution in [-0.4, -0.2) is 45.5 Å². The summed E-state index contributed by atoms with van der Waals surface area (Å²) in [5.74, 6) is -0.0372. The number of nitrogens with zero attached hydrogens (tertiary/aromatic N) is 1. The number of amides is 1. The van der Waals surface area contributed by atoms with Gasteiger partial charge in [0.2, 0.25) is 0 Å². The largest absolute Gasteiger partial charge is 0.449 e. The Morgan fingerprint density at radius 3 is 2.44 bits per heavy atom. The van der Waals surface area contributed by atoms with Crippen molar-refractivity contribution in [1.29, 1.82) is 0 Å². The van der Waals surface area contributed by atoms with E-state index in [-0.39, 0.29) is 19.1 Å². The predicted octanol–water partition coefficient (Wildman–Crippen LogP) is 3.50. The van der Waals surface area contributed by atoms with Gasteiger partial charge in [0.05, 0.1) is 17.4 Å². The normalized spacial score (nSPS) is 14.6. The molecule has 7 heteroatoms. The Morgan fingerprint density at radius 1 is 1.03 bits per heavy atom. The SMILES string of the molecule is O=C(NCC(O)C(O)c1ccc2nc[nH]c2c1)OCC1c2ccccc2-c2ccccc21. The minimum atomic E-state index is -1.18. The molecule has 0 saturated carbocycles. The Bertz CT molecular complexity index is 1220. The van der Waals surface area contributed by atoms with Crippen LogP contribution < -0.4 is 5.32 Å². The number of fused-ring (bicyclic) bond motifs is 4. The average molecular weight is 429 g/mol. The molecule has 2 atom stereocenters. The highest BCUT2D eigenvalue weighted by molar-refractivity contribution is 5.79. The van der Waals surface area contributed by atoms with Gasteiger partial charge in [0.25, 0.3) is 0 Å². The van der Waals surface area contributed by atoms with Crippen LogP contribution in [0.15, 0.2) is 73.1 Å². The van der Waals surface area contributed by atoms with Gasteiger partial charge in [-0.3, -0.25) is 0 Å². The highest BCUT2D eigenvalue weighted by atomic mass is 16.5. The molecule has 1 heterocycles. The van der Waals surface area contributed by atoms with Crippen LogP contribution in [0, 0.1) is 0 Å². The van der Waals surface area contributed by atoms with E-state index < -0.39 is 18.3 Å². The van der Waals surface area contributed by atoms with Crippen molar-refractivity contribution < 1.29 is 19.7 Å². The predicted molar refractivity (Wildman–Crippen MR) is 120 cm³/mol. The van der Waals surface area contributed by atoms with Crippen molar-refractivity contribution in [1.82, 2.24) is 15.3 Å². The van der Waals surface area contributed by atoms with Crippen LogP contribution in [0.25, 0.3) is 22.2 Å². The third-order valence-electron chi connectivity index (χ3n) is 5.95. The molecule has 1 aliphatic rings. The van der Waals surface area contributed by atoms with E-state index in [9.17, 15) is 15.0 Å². The van der Waals surface area contributed by atoms with Crippen molar-refractivity contribution in [2.45, 2.75) is 18.1 Å².